The lowest BCUT2D eigenvalue weighted by molar-refractivity contribution is -0.122. The molecule has 1 fully saturated rings. The standard InChI is InChI=1S/C29H32N2O2/c32-28(19-30-18-21-13-14-21)27(15-20-7-2-1-3-8-20)31-29(33)17-23-10-6-12-25-24-11-5-4-9-22(24)16-26(23)25/h1-12,21,27-28,30,32H,13-19H2,(H,31,33)/t27-,28+/m0/s1. The second-order valence-corrected chi connectivity index (χ2v) is 9.49. The third kappa shape index (κ3) is 5.35. The van der Waals surface area contributed by atoms with Crippen LogP contribution < -0.4 is 10.6 Å². The topological polar surface area (TPSA) is 61.4 Å². The summed E-state index contributed by atoms with van der Waals surface area (Å²) >= 11 is 0. The van der Waals surface area contributed by atoms with Gasteiger partial charge in [-0.25, -0.2) is 0 Å². The molecule has 0 heterocycles. The monoisotopic (exact) mass is 440 g/mol. The summed E-state index contributed by atoms with van der Waals surface area (Å²) in [5.41, 5.74) is 7.26. The van der Waals surface area contributed by atoms with Gasteiger partial charge < -0.3 is 15.7 Å². The fraction of sp³-hybridized carbons (Fsp3) is 0.345. The van der Waals surface area contributed by atoms with Crippen LogP contribution in [0.4, 0.5) is 0 Å². The van der Waals surface area contributed by atoms with Crippen molar-refractivity contribution >= 4 is 5.91 Å². The van der Waals surface area contributed by atoms with E-state index < -0.39 is 6.10 Å². The first-order chi connectivity index (χ1) is 16.2. The molecule has 1 saturated carbocycles. The number of benzene rings is 3. The van der Waals surface area contributed by atoms with Crippen molar-refractivity contribution in [3.63, 3.8) is 0 Å². The predicted octanol–water partition coefficient (Wildman–Crippen LogP) is 3.89. The highest BCUT2D eigenvalue weighted by atomic mass is 16.3. The highest BCUT2D eigenvalue weighted by molar-refractivity contribution is 5.83. The molecule has 170 valence electrons. The Bertz CT molecular complexity index is 1110. The summed E-state index contributed by atoms with van der Waals surface area (Å²) in [6.45, 7) is 1.43. The number of carbonyl (C=O) groups is 1. The van der Waals surface area contributed by atoms with Crippen molar-refractivity contribution in [2.24, 2.45) is 5.92 Å². The quantitative estimate of drug-likeness (QED) is 0.351. The van der Waals surface area contributed by atoms with Gasteiger partial charge in [-0.3, -0.25) is 4.79 Å². The molecule has 3 aromatic rings. The van der Waals surface area contributed by atoms with Gasteiger partial charge in [-0.1, -0.05) is 72.8 Å². The molecule has 0 spiro atoms. The highest BCUT2D eigenvalue weighted by Gasteiger charge is 2.26. The van der Waals surface area contributed by atoms with Gasteiger partial charge in [0.2, 0.25) is 5.91 Å². The average molecular weight is 441 g/mol. The third-order valence-electron chi connectivity index (χ3n) is 6.89. The Kier molecular flexibility index (Phi) is 6.56. The van der Waals surface area contributed by atoms with Crippen LogP contribution in [-0.4, -0.2) is 36.2 Å². The molecule has 33 heavy (non-hydrogen) atoms. The Hall–Kier alpha value is -2.95. The average Bonchev–Trinajstić information content (AvgIpc) is 3.57. The summed E-state index contributed by atoms with van der Waals surface area (Å²) in [6.07, 6.45) is 3.72. The van der Waals surface area contributed by atoms with Gasteiger partial charge in [-0.05, 0) is 71.5 Å². The van der Waals surface area contributed by atoms with Crippen LogP contribution in [0.2, 0.25) is 0 Å². The number of aliphatic hydroxyl groups is 1. The van der Waals surface area contributed by atoms with E-state index in [2.05, 4.69) is 47.0 Å². The number of rotatable bonds is 10. The summed E-state index contributed by atoms with van der Waals surface area (Å²) in [4.78, 5) is 13.1. The van der Waals surface area contributed by atoms with E-state index in [1.54, 1.807) is 0 Å². The van der Waals surface area contributed by atoms with Crippen LogP contribution in [0.5, 0.6) is 0 Å². The first kappa shape index (κ1) is 21.9. The zero-order valence-corrected chi connectivity index (χ0v) is 19.0. The number of amides is 1. The molecule has 4 heteroatoms. The Morgan fingerprint density at radius 3 is 2.52 bits per heavy atom. The predicted molar refractivity (Wildman–Crippen MR) is 132 cm³/mol. The van der Waals surface area contributed by atoms with Gasteiger partial charge in [0, 0.05) is 6.54 Å². The van der Waals surface area contributed by atoms with Crippen molar-refractivity contribution in [3.8, 4) is 11.1 Å². The van der Waals surface area contributed by atoms with Crippen LogP contribution >= 0.6 is 0 Å². The molecule has 0 bridgehead atoms. The van der Waals surface area contributed by atoms with Crippen molar-refractivity contribution in [2.45, 2.75) is 44.2 Å². The highest BCUT2D eigenvalue weighted by Crippen LogP contribution is 2.38. The minimum Gasteiger partial charge on any atom is -0.390 e. The number of hydrogen-bond acceptors (Lipinski definition) is 3. The zero-order valence-electron chi connectivity index (χ0n) is 19.0. The molecule has 0 saturated heterocycles. The van der Waals surface area contributed by atoms with Crippen LogP contribution in [-0.2, 0) is 24.1 Å². The molecule has 0 radical (unpaired) electrons. The molecule has 4 nitrogen and oxygen atoms in total. The van der Waals surface area contributed by atoms with E-state index >= 15 is 0 Å². The van der Waals surface area contributed by atoms with Gasteiger partial charge in [0.25, 0.3) is 0 Å². The molecular weight excluding hydrogens is 408 g/mol. The molecule has 3 aromatic carbocycles. The number of aliphatic hydroxyl groups excluding tert-OH is 1. The lowest BCUT2D eigenvalue weighted by Crippen LogP contribution is -2.49. The van der Waals surface area contributed by atoms with Gasteiger partial charge >= 0.3 is 0 Å². The molecule has 0 unspecified atom stereocenters. The molecular formula is C29H32N2O2. The number of hydrogen-bond donors (Lipinski definition) is 3. The molecule has 1 amide bonds. The van der Waals surface area contributed by atoms with E-state index in [1.165, 1.54) is 35.1 Å². The smallest absolute Gasteiger partial charge is 0.224 e. The fourth-order valence-electron chi connectivity index (χ4n) is 4.87. The van der Waals surface area contributed by atoms with Crippen LogP contribution in [0.3, 0.4) is 0 Å². The van der Waals surface area contributed by atoms with Crippen LogP contribution in [0.25, 0.3) is 11.1 Å². The second kappa shape index (κ2) is 9.90. The van der Waals surface area contributed by atoms with E-state index in [-0.39, 0.29) is 11.9 Å². The minimum atomic E-state index is -0.640. The molecule has 2 aliphatic rings. The molecule has 2 atom stereocenters. The van der Waals surface area contributed by atoms with E-state index in [0.717, 1.165) is 30.0 Å². The Morgan fingerprint density at radius 2 is 1.70 bits per heavy atom. The molecule has 2 aliphatic carbocycles. The van der Waals surface area contributed by atoms with E-state index in [9.17, 15) is 9.90 Å². The summed E-state index contributed by atoms with van der Waals surface area (Å²) in [7, 11) is 0. The van der Waals surface area contributed by atoms with Crippen molar-refractivity contribution in [2.75, 3.05) is 13.1 Å². The first-order valence-corrected chi connectivity index (χ1v) is 12.1. The van der Waals surface area contributed by atoms with Gasteiger partial charge in [-0.15, -0.1) is 0 Å². The molecule has 0 aliphatic heterocycles. The van der Waals surface area contributed by atoms with Gasteiger partial charge in [0.05, 0.1) is 18.6 Å². The van der Waals surface area contributed by atoms with Crippen molar-refractivity contribution in [1.82, 2.24) is 10.6 Å². The number of carbonyl (C=O) groups excluding carboxylic acids is 1. The van der Waals surface area contributed by atoms with Gasteiger partial charge in [0.15, 0.2) is 0 Å². The largest absolute Gasteiger partial charge is 0.390 e. The normalized spacial score (nSPS) is 16.0. The zero-order chi connectivity index (χ0) is 22.6. The minimum absolute atomic E-state index is 0.0402. The van der Waals surface area contributed by atoms with Gasteiger partial charge in [0.1, 0.15) is 0 Å². The maximum absolute atomic E-state index is 13.1. The lowest BCUT2D eigenvalue weighted by atomic mass is 9.97. The van der Waals surface area contributed by atoms with Crippen LogP contribution in [0.1, 0.15) is 35.1 Å². The van der Waals surface area contributed by atoms with Gasteiger partial charge in [-0.2, -0.15) is 0 Å². The Labute approximate surface area is 196 Å². The molecule has 3 N–H and O–H groups in total. The Morgan fingerprint density at radius 1 is 0.939 bits per heavy atom. The summed E-state index contributed by atoms with van der Waals surface area (Å²) in [5, 5.41) is 17.4. The third-order valence-corrected chi connectivity index (χ3v) is 6.89. The summed E-state index contributed by atoms with van der Waals surface area (Å²) in [5.74, 6) is 0.713. The second-order valence-electron chi connectivity index (χ2n) is 9.49. The summed E-state index contributed by atoms with van der Waals surface area (Å²) in [6, 6.07) is 24.5. The van der Waals surface area contributed by atoms with E-state index in [0.29, 0.717) is 19.4 Å². The number of fused-ring (bicyclic) bond motifs is 3. The van der Waals surface area contributed by atoms with Crippen molar-refractivity contribution in [1.29, 1.82) is 0 Å². The Balaban J connectivity index is 1.27. The maximum atomic E-state index is 13.1. The fourth-order valence-corrected chi connectivity index (χ4v) is 4.87. The lowest BCUT2D eigenvalue weighted by Gasteiger charge is -2.25. The SMILES string of the molecule is O=C(Cc1cccc2c1Cc1ccccc1-2)N[C@@H](Cc1ccccc1)[C@H](O)CNCC1CC1. The van der Waals surface area contributed by atoms with Crippen molar-refractivity contribution in [3.05, 3.63) is 95.1 Å². The molecule has 0 aromatic heterocycles. The van der Waals surface area contributed by atoms with Crippen LogP contribution in [0, 0.1) is 5.92 Å². The molecule has 5 rings (SSSR count). The summed E-state index contributed by atoms with van der Waals surface area (Å²) < 4.78 is 0. The maximum Gasteiger partial charge on any atom is 0.224 e. The first-order valence-electron chi connectivity index (χ1n) is 12.1. The number of nitrogens with one attached hydrogen (secondary N) is 2. The van der Waals surface area contributed by atoms with E-state index in [1.807, 2.05) is 36.4 Å². The van der Waals surface area contributed by atoms with Crippen LogP contribution in [0.15, 0.2) is 72.8 Å². The van der Waals surface area contributed by atoms with Crippen molar-refractivity contribution < 1.29 is 9.90 Å². The van der Waals surface area contributed by atoms with E-state index in [4.69, 9.17) is 0 Å².